The van der Waals surface area contributed by atoms with Crippen molar-refractivity contribution in [3.8, 4) is 5.75 Å². The van der Waals surface area contributed by atoms with Gasteiger partial charge in [-0.15, -0.1) is 0 Å². The highest BCUT2D eigenvalue weighted by Gasteiger charge is 2.55. The number of nitrogens with one attached hydrogen (secondary N) is 1. The minimum Gasteiger partial charge on any atom is -0.449 e. The molecule has 2 fully saturated rings. The first-order valence-electron chi connectivity index (χ1n) is 17.4. The Balaban J connectivity index is 1.36. The SMILES string of the molecule is C=CCOC(=O)NCCCOCc1c2c(c(OC(C)=O)c3c1C(=O)c1ccccc1C3=O)C[C@@](OC(=O)[C@@H]1O[C@H]3CN(CC)C(=O)[C@@H]1O3)(C(C)=O)CC2. The number of fused-ring (bicyclic) bond motifs is 5. The number of ether oxygens (including phenoxy) is 6. The van der Waals surface area contributed by atoms with Gasteiger partial charge in [0.2, 0.25) is 0 Å². The summed E-state index contributed by atoms with van der Waals surface area (Å²) in [5.41, 5.74) is -0.577. The largest absolute Gasteiger partial charge is 0.449 e. The highest BCUT2D eigenvalue weighted by molar-refractivity contribution is 6.30. The molecular weight excluding hydrogens is 692 g/mol. The van der Waals surface area contributed by atoms with E-state index in [4.69, 9.17) is 28.4 Å². The molecule has 0 unspecified atom stereocenters. The quantitative estimate of drug-likeness (QED) is 0.117. The number of esters is 2. The lowest BCUT2D eigenvalue weighted by atomic mass is 9.71. The summed E-state index contributed by atoms with van der Waals surface area (Å²) in [6.45, 7) is 8.49. The molecule has 2 heterocycles. The third-order valence-corrected chi connectivity index (χ3v) is 9.80. The lowest BCUT2D eigenvalue weighted by Gasteiger charge is -2.39. The van der Waals surface area contributed by atoms with Crippen molar-refractivity contribution in [1.82, 2.24) is 10.2 Å². The van der Waals surface area contributed by atoms with Crippen LogP contribution in [0.4, 0.5) is 4.79 Å². The smallest absolute Gasteiger partial charge is 0.407 e. The monoisotopic (exact) mass is 732 g/mol. The van der Waals surface area contributed by atoms with E-state index in [9.17, 15) is 33.6 Å². The molecule has 2 aromatic carbocycles. The molecule has 0 radical (unpaired) electrons. The fourth-order valence-corrected chi connectivity index (χ4v) is 7.23. The Morgan fingerprint density at radius 2 is 1.75 bits per heavy atom. The van der Waals surface area contributed by atoms with Crippen LogP contribution in [0.15, 0.2) is 36.9 Å². The van der Waals surface area contributed by atoms with E-state index in [2.05, 4.69) is 11.9 Å². The van der Waals surface area contributed by atoms with Gasteiger partial charge in [-0.1, -0.05) is 36.9 Å². The third-order valence-electron chi connectivity index (χ3n) is 9.80. The van der Waals surface area contributed by atoms with Crippen LogP contribution in [0.5, 0.6) is 5.75 Å². The van der Waals surface area contributed by atoms with Gasteiger partial charge in [-0.05, 0) is 44.2 Å². The Hall–Kier alpha value is -5.25. The number of amides is 2. The number of hydrogen-bond donors (Lipinski definition) is 1. The topological polar surface area (TPSA) is 190 Å². The van der Waals surface area contributed by atoms with Crippen LogP contribution in [0.1, 0.15) is 82.1 Å². The molecule has 1 N–H and O–H groups in total. The van der Waals surface area contributed by atoms with Crippen molar-refractivity contribution >= 4 is 41.3 Å². The van der Waals surface area contributed by atoms with E-state index in [0.29, 0.717) is 24.1 Å². The average molecular weight is 733 g/mol. The van der Waals surface area contributed by atoms with Crippen LogP contribution in [0.25, 0.3) is 0 Å². The molecule has 6 rings (SSSR count). The number of morpholine rings is 1. The predicted molar refractivity (Wildman–Crippen MR) is 182 cm³/mol. The van der Waals surface area contributed by atoms with Gasteiger partial charge in [0, 0.05) is 55.3 Å². The van der Waals surface area contributed by atoms with Gasteiger partial charge in [0.25, 0.3) is 5.91 Å². The number of nitrogens with zero attached hydrogens (tertiary/aromatic N) is 1. The van der Waals surface area contributed by atoms with Crippen LogP contribution in [-0.4, -0.2) is 103 Å². The van der Waals surface area contributed by atoms with E-state index in [-0.39, 0.29) is 85.7 Å². The summed E-state index contributed by atoms with van der Waals surface area (Å²) in [6, 6.07) is 6.29. The van der Waals surface area contributed by atoms with Crippen LogP contribution in [0, 0.1) is 0 Å². The Morgan fingerprint density at radius 1 is 1.04 bits per heavy atom. The zero-order valence-electron chi connectivity index (χ0n) is 29.7. The molecule has 2 aromatic rings. The van der Waals surface area contributed by atoms with Crippen LogP contribution >= 0.6 is 0 Å². The maximum absolute atomic E-state index is 14.2. The molecule has 2 amide bonds. The van der Waals surface area contributed by atoms with Gasteiger partial charge in [0.15, 0.2) is 41.4 Å². The van der Waals surface area contributed by atoms with Gasteiger partial charge >= 0.3 is 18.0 Å². The zero-order chi connectivity index (χ0) is 38.0. The fourth-order valence-electron chi connectivity index (χ4n) is 7.23. The average Bonchev–Trinajstić information content (AvgIpc) is 3.51. The van der Waals surface area contributed by atoms with E-state index < -0.39 is 65.4 Å². The summed E-state index contributed by atoms with van der Waals surface area (Å²) < 4.78 is 34.0. The summed E-state index contributed by atoms with van der Waals surface area (Å²) in [4.78, 5) is 94.5. The van der Waals surface area contributed by atoms with Crippen LogP contribution < -0.4 is 10.1 Å². The number of hydrogen-bond acceptors (Lipinski definition) is 13. The molecule has 0 spiro atoms. The maximum Gasteiger partial charge on any atom is 0.407 e. The van der Waals surface area contributed by atoms with Crippen molar-refractivity contribution in [1.29, 1.82) is 0 Å². The molecule has 2 aliphatic heterocycles. The molecule has 280 valence electrons. The molecule has 15 heteroatoms. The van der Waals surface area contributed by atoms with Crippen LogP contribution in [-0.2, 0) is 62.3 Å². The molecular formula is C38H40N2O13. The van der Waals surface area contributed by atoms with Gasteiger partial charge in [-0.25, -0.2) is 9.59 Å². The Labute approximate surface area is 304 Å². The number of carbonyl (C=O) groups excluding carboxylic acids is 7. The fraction of sp³-hybridized carbons (Fsp3) is 0.447. The van der Waals surface area contributed by atoms with Crippen molar-refractivity contribution in [2.24, 2.45) is 0 Å². The van der Waals surface area contributed by atoms with Crippen molar-refractivity contribution in [2.75, 3.05) is 32.8 Å². The first kappa shape index (κ1) is 37.5. The predicted octanol–water partition coefficient (Wildman–Crippen LogP) is 2.54. The van der Waals surface area contributed by atoms with Crippen LogP contribution in [0.3, 0.4) is 0 Å². The van der Waals surface area contributed by atoms with E-state index >= 15 is 0 Å². The third kappa shape index (κ3) is 7.11. The number of likely N-dealkylation sites (N-methyl/N-ethyl adjacent to an activating group) is 1. The highest BCUT2D eigenvalue weighted by Crippen LogP contribution is 2.46. The maximum atomic E-state index is 14.2. The number of ketones is 3. The first-order valence-corrected chi connectivity index (χ1v) is 17.4. The molecule has 2 bridgehead atoms. The number of carbonyl (C=O) groups is 7. The van der Waals surface area contributed by atoms with E-state index in [0.717, 1.165) is 6.92 Å². The second-order valence-electron chi connectivity index (χ2n) is 13.1. The molecule has 0 aromatic heterocycles. The molecule has 53 heavy (non-hydrogen) atoms. The standard InChI is InChI=1S/C38H40N2O13/c1-5-15-49-37(47)39-14-9-16-48-19-26-22-12-13-38(20(3)41,53-36(46)34-33-35(45)40(6-2)18-27(51-33)52-34)17-25(22)32(50-21(4)42)29-28(26)30(43)23-10-7-8-11-24(23)31(29)44/h5,7-8,10-11,27,33-34H,1,6,9,12-19H2,2-4H3,(H,39,47)/t27-,33+,34+,38+/m0/s1. The second kappa shape index (κ2) is 15.4. The molecule has 2 saturated heterocycles. The molecule has 0 saturated carbocycles. The summed E-state index contributed by atoms with van der Waals surface area (Å²) >= 11 is 0. The Kier molecular flexibility index (Phi) is 10.9. The minimum atomic E-state index is -1.82. The number of benzene rings is 2. The van der Waals surface area contributed by atoms with Crippen molar-refractivity contribution in [3.05, 3.63) is 75.9 Å². The van der Waals surface area contributed by atoms with Crippen molar-refractivity contribution < 1.29 is 62.0 Å². The normalized spacial score (nSPS) is 22.7. The molecule has 15 nitrogen and oxygen atoms in total. The Bertz CT molecular complexity index is 1900. The van der Waals surface area contributed by atoms with Crippen molar-refractivity contribution in [3.63, 3.8) is 0 Å². The van der Waals surface area contributed by atoms with E-state index in [1.807, 2.05) is 0 Å². The van der Waals surface area contributed by atoms with E-state index in [1.54, 1.807) is 25.1 Å². The lowest BCUT2D eigenvalue weighted by Crippen LogP contribution is -2.53. The molecule has 4 atom stereocenters. The lowest BCUT2D eigenvalue weighted by molar-refractivity contribution is -0.178. The summed E-state index contributed by atoms with van der Waals surface area (Å²) in [5.74, 6) is -3.97. The van der Waals surface area contributed by atoms with E-state index in [1.165, 1.54) is 24.0 Å². The zero-order valence-corrected chi connectivity index (χ0v) is 29.7. The number of Topliss-reactive ketones (excluding diaryl/α,β-unsaturated/α-hetero) is 1. The van der Waals surface area contributed by atoms with Crippen molar-refractivity contribution in [2.45, 2.75) is 77.2 Å². The van der Waals surface area contributed by atoms with Gasteiger partial charge < -0.3 is 38.6 Å². The number of alkyl carbamates (subject to hydrolysis) is 1. The Morgan fingerprint density at radius 3 is 2.42 bits per heavy atom. The first-order chi connectivity index (χ1) is 25.4. The molecule has 2 aliphatic carbocycles. The van der Waals surface area contributed by atoms with Gasteiger partial charge in [0.1, 0.15) is 12.4 Å². The second-order valence-corrected chi connectivity index (χ2v) is 13.1. The highest BCUT2D eigenvalue weighted by atomic mass is 16.8. The minimum absolute atomic E-state index is 0.0184. The van der Waals surface area contributed by atoms with Gasteiger partial charge in [-0.2, -0.15) is 0 Å². The van der Waals surface area contributed by atoms with Crippen LogP contribution in [0.2, 0.25) is 0 Å². The molecule has 4 aliphatic rings. The summed E-state index contributed by atoms with van der Waals surface area (Å²) in [6.07, 6.45) is -2.60. The van der Waals surface area contributed by atoms with Gasteiger partial charge in [0.05, 0.1) is 18.7 Å². The summed E-state index contributed by atoms with van der Waals surface area (Å²) in [7, 11) is 0. The van der Waals surface area contributed by atoms with Gasteiger partial charge in [-0.3, -0.25) is 24.0 Å². The summed E-state index contributed by atoms with van der Waals surface area (Å²) in [5, 5.41) is 2.59. The number of rotatable bonds is 13.